The smallest absolute Gasteiger partial charge is 0.407 e. The standard InChI is InChI=1S/C22H26N2O5/c1-2-28-20-14-24(18-10-6-9-17(13-18)21(25)26)12-11-19(20)23-22(27)29-15-16-7-4-3-5-8-16/h3-10,13,19-20H,2,11-12,14-15H2,1H3,(H,23,27)(H,25,26)/t19-,20+/m0/s1. The van der Waals surface area contributed by atoms with Crippen LogP contribution in [0.25, 0.3) is 0 Å². The molecule has 1 heterocycles. The molecule has 0 aliphatic carbocycles. The van der Waals surface area contributed by atoms with Crippen LogP contribution in [0.1, 0.15) is 29.3 Å². The number of rotatable bonds is 7. The maximum atomic E-state index is 12.2. The van der Waals surface area contributed by atoms with Gasteiger partial charge in [0.05, 0.1) is 17.7 Å². The van der Waals surface area contributed by atoms with Crippen molar-refractivity contribution in [1.29, 1.82) is 0 Å². The van der Waals surface area contributed by atoms with Gasteiger partial charge in [0.15, 0.2) is 0 Å². The van der Waals surface area contributed by atoms with Crippen molar-refractivity contribution in [2.24, 2.45) is 0 Å². The Morgan fingerprint density at radius 3 is 2.69 bits per heavy atom. The normalized spacial score (nSPS) is 18.9. The van der Waals surface area contributed by atoms with Crippen LogP contribution < -0.4 is 10.2 Å². The summed E-state index contributed by atoms with van der Waals surface area (Å²) in [5.41, 5.74) is 2.01. The van der Waals surface area contributed by atoms with Crippen molar-refractivity contribution >= 4 is 17.7 Å². The van der Waals surface area contributed by atoms with Crippen LogP contribution in [0.4, 0.5) is 10.5 Å². The molecule has 2 aromatic carbocycles. The lowest BCUT2D eigenvalue weighted by molar-refractivity contribution is 0.0261. The highest BCUT2D eigenvalue weighted by atomic mass is 16.5. The number of hydrogen-bond donors (Lipinski definition) is 2. The molecule has 0 saturated carbocycles. The van der Waals surface area contributed by atoms with E-state index in [1.807, 2.05) is 43.3 Å². The number of benzene rings is 2. The second-order valence-electron chi connectivity index (χ2n) is 6.90. The van der Waals surface area contributed by atoms with E-state index >= 15 is 0 Å². The van der Waals surface area contributed by atoms with E-state index in [9.17, 15) is 14.7 Å². The number of ether oxygens (including phenoxy) is 2. The Labute approximate surface area is 170 Å². The third-order valence-electron chi connectivity index (χ3n) is 4.91. The van der Waals surface area contributed by atoms with Gasteiger partial charge in [0, 0.05) is 25.4 Å². The van der Waals surface area contributed by atoms with Gasteiger partial charge in [0.25, 0.3) is 0 Å². The molecule has 3 rings (SSSR count). The van der Waals surface area contributed by atoms with Crippen LogP contribution in [0.5, 0.6) is 0 Å². The van der Waals surface area contributed by atoms with Gasteiger partial charge in [0.1, 0.15) is 6.61 Å². The molecule has 0 unspecified atom stereocenters. The molecule has 7 heteroatoms. The Bertz CT molecular complexity index is 827. The van der Waals surface area contributed by atoms with E-state index in [0.717, 1.165) is 11.3 Å². The fraction of sp³-hybridized carbons (Fsp3) is 0.364. The Morgan fingerprint density at radius 1 is 1.17 bits per heavy atom. The molecule has 1 aliphatic heterocycles. The van der Waals surface area contributed by atoms with E-state index in [1.54, 1.807) is 18.2 Å². The molecule has 1 saturated heterocycles. The summed E-state index contributed by atoms with van der Waals surface area (Å²) < 4.78 is 11.2. The van der Waals surface area contributed by atoms with E-state index in [0.29, 0.717) is 26.1 Å². The van der Waals surface area contributed by atoms with Crippen LogP contribution in [-0.4, -0.2) is 49.0 Å². The van der Waals surface area contributed by atoms with Gasteiger partial charge in [-0.15, -0.1) is 0 Å². The lowest BCUT2D eigenvalue weighted by Crippen LogP contribution is -2.55. The maximum absolute atomic E-state index is 12.2. The number of carboxylic acid groups (broad SMARTS) is 1. The highest BCUT2D eigenvalue weighted by Gasteiger charge is 2.31. The van der Waals surface area contributed by atoms with E-state index in [4.69, 9.17) is 9.47 Å². The minimum atomic E-state index is -0.953. The number of amides is 1. The average Bonchev–Trinajstić information content (AvgIpc) is 2.74. The summed E-state index contributed by atoms with van der Waals surface area (Å²) in [4.78, 5) is 25.6. The van der Waals surface area contributed by atoms with Gasteiger partial charge in [-0.25, -0.2) is 9.59 Å². The number of aromatic carboxylic acids is 1. The Balaban J connectivity index is 1.59. The fourth-order valence-corrected chi connectivity index (χ4v) is 3.45. The van der Waals surface area contributed by atoms with E-state index in [2.05, 4.69) is 10.2 Å². The van der Waals surface area contributed by atoms with E-state index in [1.165, 1.54) is 0 Å². The number of alkyl carbamates (subject to hydrolysis) is 1. The third kappa shape index (κ3) is 5.71. The van der Waals surface area contributed by atoms with Crippen molar-refractivity contribution in [2.75, 3.05) is 24.6 Å². The molecule has 1 aliphatic rings. The molecule has 29 heavy (non-hydrogen) atoms. The van der Waals surface area contributed by atoms with Crippen molar-refractivity contribution in [3.63, 3.8) is 0 Å². The molecular weight excluding hydrogens is 372 g/mol. The lowest BCUT2D eigenvalue weighted by atomic mass is 10.0. The van der Waals surface area contributed by atoms with Crippen LogP contribution in [0, 0.1) is 0 Å². The fourth-order valence-electron chi connectivity index (χ4n) is 3.45. The molecule has 7 nitrogen and oxygen atoms in total. The number of carbonyl (C=O) groups is 2. The van der Waals surface area contributed by atoms with Gasteiger partial charge >= 0.3 is 12.1 Å². The van der Waals surface area contributed by atoms with Crippen molar-refractivity contribution in [2.45, 2.75) is 32.1 Å². The largest absolute Gasteiger partial charge is 0.478 e. The first kappa shape index (κ1) is 20.7. The summed E-state index contributed by atoms with van der Waals surface area (Å²) in [6.45, 7) is 3.88. The summed E-state index contributed by atoms with van der Waals surface area (Å²) in [5, 5.41) is 12.1. The summed E-state index contributed by atoms with van der Waals surface area (Å²) in [5.74, 6) is -0.953. The summed E-state index contributed by atoms with van der Waals surface area (Å²) >= 11 is 0. The van der Waals surface area contributed by atoms with Gasteiger partial charge in [-0.2, -0.15) is 0 Å². The number of piperidine rings is 1. The SMILES string of the molecule is CCO[C@@H]1CN(c2cccc(C(=O)O)c2)CC[C@@H]1NC(=O)OCc1ccccc1. The molecule has 154 valence electrons. The third-order valence-corrected chi connectivity index (χ3v) is 4.91. The number of nitrogens with one attached hydrogen (secondary N) is 1. The summed E-state index contributed by atoms with van der Waals surface area (Å²) in [6.07, 6.45) is -0.0148. The highest BCUT2D eigenvalue weighted by Crippen LogP contribution is 2.23. The summed E-state index contributed by atoms with van der Waals surface area (Å²) in [6, 6.07) is 16.2. The molecular formula is C22H26N2O5. The van der Waals surface area contributed by atoms with Crippen molar-refractivity contribution in [3.05, 3.63) is 65.7 Å². The molecule has 0 bridgehead atoms. The van der Waals surface area contributed by atoms with Crippen LogP contribution in [0.2, 0.25) is 0 Å². The number of hydrogen-bond acceptors (Lipinski definition) is 5. The van der Waals surface area contributed by atoms with Gasteiger partial charge in [-0.05, 0) is 37.1 Å². The van der Waals surface area contributed by atoms with Gasteiger partial charge < -0.3 is 24.8 Å². The second-order valence-corrected chi connectivity index (χ2v) is 6.90. The molecule has 0 radical (unpaired) electrons. The molecule has 0 aromatic heterocycles. The minimum Gasteiger partial charge on any atom is -0.478 e. The number of nitrogens with zero attached hydrogens (tertiary/aromatic N) is 1. The monoisotopic (exact) mass is 398 g/mol. The zero-order chi connectivity index (χ0) is 20.6. The second kappa shape index (κ2) is 9.93. The zero-order valence-electron chi connectivity index (χ0n) is 16.4. The van der Waals surface area contributed by atoms with Crippen molar-refractivity contribution < 1.29 is 24.2 Å². The topological polar surface area (TPSA) is 88.1 Å². The van der Waals surface area contributed by atoms with E-state index < -0.39 is 12.1 Å². The number of anilines is 1. The average molecular weight is 398 g/mol. The number of carboxylic acids is 1. The van der Waals surface area contributed by atoms with Crippen LogP contribution in [-0.2, 0) is 16.1 Å². The van der Waals surface area contributed by atoms with E-state index in [-0.39, 0.29) is 24.3 Å². The predicted molar refractivity (Wildman–Crippen MR) is 109 cm³/mol. The van der Waals surface area contributed by atoms with Crippen LogP contribution in [0.15, 0.2) is 54.6 Å². The summed E-state index contributed by atoms with van der Waals surface area (Å²) in [7, 11) is 0. The number of carbonyl (C=O) groups excluding carboxylic acids is 1. The van der Waals surface area contributed by atoms with Gasteiger partial charge in [-0.3, -0.25) is 0 Å². The lowest BCUT2D eigenvalue weighted by Gasteiger charge is -2.39. The zero-order valence-corrected chi connectivity index (χ0v) is 16.4. The molecule has 2 atom stereocenters. The highest BCUT2D eigenvalue weighted by molar-refractivity contribution is 5.88. The molecule has 1 amide bonds. The van der Waals surface area contributed by atoms with Crippen LogP contribution in [0.3, 0.4) is 0 Å². The maximum Gasteiger partial charge on any atom is 0.407 e. The molecule has 0 spiro atoms. The molecule has 1 fully saturated rings. The first-order valence-electron chi connectivity index (χ1n) is 9.74. The predicted octanol–water partition coefficient (Wildman–Crippen LogP) is 3.30. The quantitative estimate of drug-likeness (QED) is 0.744. The molecule has 2 aromatic rings. The first-order chi connectivity index (χ1) is 14.1. The first-order valence-corrected chi connectivity index (χ1v) is 9.74. The minimum absolute atomic E-state index is 0.169. The van der Waals surface area contributed by atoms with Gasteiger partial charge in [-0.1, -0.05) is 36.4 Å². The van der Waals surface area contributed by atoms with Crippen molar-refractivity contribution in [1.82, 2.24) is 5.32 Å². The van der Waals surface area contributed by atoms with Crippen molar-refractivity contribution in [3.8, 4) is 0 Å². The molecule has 2 N–H and O–H groups in total. The van der Waals surface area contributed by atoms with Gasteiger partial charge in [0.2, 0.25) is 0 Å². The Morgan fingerprint density at radius 2 is 1.97 bits per heavy atom. The Kier molecular flexibility index (Phi) is 7.08. The van der Waals surface area contributed by atoms with Crippen LogP contribution >= 0.6 is 0 Å². The Hall–Kier alpha value is -3.06.